The molecule has 3 rings (SSSR count). The molecule has 0 bridgehead atoms. The van der Waals surface area contributed by atoms with Crippen LogP contribution < -0.4 is 0 Å². The molecule has 0 spiro atoms. The van der Waals surface area contributed by atoms with Gasteiger partial charge in [0.2, 0.25) is 0 Å². The number of Topliss-reactive ketones (excluding diaryl/α,β-unsaturated/α-hetero) is 1. The minimum Gasteiger partial charge on any atom is -0.297 e. The van der Waals surface area contributed by atoms with Crippen molar-refractivity contribution in [2.75, 3.05) is 13.1 Å². The zero-order chi connectivity index (χ0) is 18.0. The Kier molecular flexibility index (Phi) is 5.24. The molecule has 0 radical (unpaired) electrons. The highest BCUT2D eigenvalue weighted by atomic mass is 32.1. The lowest BCUT2D eigenvalue weighted by molar-refractivity contribution is -0.137. The summed E-state index contributed by atoms with van der Waals surface area (Å²) in [4.78, 5) is 20.2. The summed E-state index contributed by atoms with van der Waals surface area (Å²) in [6.07, 6.45) is -1.00. The molecular formula is C18H19F3N2OS. The predicted molar refractivity (Wildman–Crippen MR) is 90.6 cm³/mol. The highest BCUT2D eigenvalue weighted by Gasteiger charge is 2.32. The molecule has 1 atom stereocenters. The highest BCUT2D eigenvalue weighted by molar-refractivity contribution is 7.11. The summed E-state index contributed by atoms with van der Waals surface area (Å²) in [6, 6.07) is 4.74. The van der Waals surface area contributed by atoms with Gasteiger partial charge in [0.1, 0.15) is 0 Å². The van der Waals surface area contributed by atoms with E-state index in [0.717, 1.165) is 41.5 Å². The number of hydrogen-bond donors (Lipinski definition) is 0. The Bertz CT molecular complexity index is 757. The van der Waals surface area contributed by atoms with Gasteiger partial charge in [0, 0.05) is 35.6 Å². The van der Waals surface area contributed by atoms with Crippen molar-refractivity contribution < 1.29 is 18.0 Å². The van der Waals surface area contributed by atoms with Crippen LogP contribution in [0.5, 0.6) is 0 Å². The Hall–Kier alpha value is -1.73. The normalized spacial score (nSPS) is 19.1. The summed E-state index contributed by atoms with van der Waals surface area (Å²) in [6.45, 7) is 4.15. The second-order valence-electron chi connectivity index (χ2n) is 6.36. The molecule has 1 aliphatic heterocycles. The molecule has 0 amide bonds. The van der Waals surface area contributed by atoms with Gasteiger partial charge in [-0.2, -0.15) is 13.2 Å². The van der Waals surface area contributed by atoms with Crippen LogP contribution in [-0.4, -0.2) is 28.8 Å². The Labute approximate surface area is 148 Å². The predicted octanol–water partition coefficient (Wildman–Crippen LogP) is 4.57. The van der Waals surface area contributed by atoms with E-state index in [1.54, 1.807) is 11.3 Å². The number of halogens is 3. The van der Waals surface area contributed by atoms with Crippen molar-refractivity contribution >= 4 is 17.1 Å². The highest BCUT2D eigenvalue weighted by Crippen LogP contribution is 2.31. The van der Waals surface area contributed by atoms with Crippen LogP contribution in [0, 0.1) is 12.8 Å². The van der Waals surface area contributed by atoms with E-state index < -0.39 is 11.7 Å². The number of alkyl halides is 3. The zero-order valence-electron chi connectivity index (χ0n) is 13.8. The summed E-state index contributed by atoms with van der Waals surface area (Å²) in [5.41, 5.74) is -0.624. The Morgan fingerprint density at radius 3 is 2.88 bits per heavy atom. The molecule has 0 saturated carbocycles. The molecule has 1 saturated heterocycles. The largest absolute Gasteiger partial charge is 0.416 e. The molecule has 7 heteroatoms. The molecule has 2 aromatic rings. The number of rotatable bonds is 4. The van der Waals surface area contributed by atoms with E-state index in [4.69, 9.17) is 0 Å². The summed E-state index contributed by atoms with van der Waals surface area (Å²) in [5, 5.41) is 1.00. The topological polar surface area (TPSA) is 33.2 Å². The molecular weight excluding hydrogens is 349 g/mol. The van der Waals surface area contributed by atoms with Crippen molar-refractivity contribution in [3.8, 4) is 0 Å². The minimum absolute atomic E-state index is 0.148. The number of piperidine rings is 1. The van der Waals surface area contributed by atoms with Gasteiger partial charge in [0.05, 0.1) is 10.6 Å². The van der Waals surface area contributed by atoms with Crippen molar-refractivity contribution in [1.82, 2.24) is 9.88 Å². The first kappa shape index (κ1) is 18.1. The molecule has 1 aromatic carbocycles. The van der Waals surface area contributed by atoms with Gasteiger partial charge in [0.15, 0.2) is 5.78 Å². The lowest BCUT2D eigenvalue weighted by atomic mass is 9.89. The molecule has 1 aliphatic rings. The van der Waals surface area contributed by atoms with Crippen LogP contribution in [-0.2, 0) is 12.7 Å². The third kappa shape index (κ3) is 4.46. The number of thiazole rings is 1. The monoisotopic (exact) mass is 368 g/mol. The summed E-state index contributed by atoms with van der Waals surface area (Å²) >= 11 is 1.63. The van der Waals surface area contributed by atoms with Crippen LogP contribution in [0.3, 0.4) is 0 Å². The lowest BCUT2D eigenvalue weighted by Gasteiger charge is -2.31. The van der Waals surface area contributed by atoms with E-state index in [9.17, 15) is 18.0 Å². The summed E-state index contributed by atoms with van der Waals surface area (Å²) in [7, 11) is 0. The second kappa shape index (κ2) is 7.25. The van der Waals surface area contributed by atoms with E-state index >= 15 is 0 Å². The number of benzene rings is 1. The standard InChI is InChI=1S/C18H19F3N2OS/c1-12-22-9-16(25-12)11-23-7-3-5-14(10-23)17(24)13-4-2-6-15(8-13)18(19,20)21/h2,4,6,8-9,14H,3,5,7,10-11H2,1H3/t14-/m0/s1. The van der Waals surface area contributed by atoms with Crippen LogP contribution in [0.25, 0.3) is 0 Å². The minimum atomic E-state index is -4.43. The molecule has 0 N–H and O–H groups in total. The molecule has 0 unspecified atom stereocenters. The number of carbonyl (C=O) groups excluding carboxylic acids is 1. The molecule has 3 nitrogen and oxygen atoms in total. The Morgan fingerprint density at radius 2 is 2.20 bits per heavy atom. The van der Waals surface area contributed by atoms with Crippen LogP contribution in [0.4, 0.5) is 13.2 Å². The molecule has 0 aliphatic carbocycles. The van der Waals surface area contributed by atoms with Crippen molar-refractivity contribution in [3.05, 3.63) is 51.5 Å². The average molecular weight is 368 g/mol. The van der Waals surface area contributed by atoms with Crippen LogP contribution in [0.1, 0.15) is 38.6 Å². The van der Waals surface area contributed by atoms with Crippen LogP contribution >= 0.6 is 11.3 Å². The smallest absolute Gasteiger partial charge is 0.297 e. The summed E-state index contributed by atoms with van der Waals surface area (Å²) in [5.74, 6) is -0.456. The maximum atomic E-state index is 12.9. The number of likely N-dealkylation sites (tertiary alicyclic amines) is 1. The number of ketones is 1. The SMILES string of the molecule is Cc1ncc(CN2CCC[C@H](C(=O)c3cccc(C(F)(F)F)c3)C2)s1. The van der Waals surface area contributed by atoms with Gasteiger partial charge in [-0.05, 0) is 38.4 Å². The van der Waals surface area contributed by atoms with Gasteiger partial charge < -0.3 is 0 Å². The number of aryl methyl sites for hydroxylation is 1. The van der Waals surface area contributed by atoms with Crippen molar-refractivity contribution in [3.63, 3.8) is 0 Å². The fourth-order valence-corrected chi connectivity index (χ4v) is 4.03. The molecule has 1 aromatic heterocycles. The van der Waals surface area contributed by atoms with Gasteiger partial charge in [0.25, 0.3) is 0 Å². The van der Waals surface area contributed by atoms with Gasteiger partial charge >= 0.3 is 6.18 Å². The second-order valence-corrected chi connectivity index (χ2v) is 7.68. The fraction of sp³-hybridized carbons (Fsp3) is 0.444. The fourth-order valence-electron chi connectivity index (χ4n) is 3.20. The quantitative estimate of drug-likeness (QED) is 0.742. The number of hydrogen-bond acceptors (Lipinski definition) is 4. The average Bonchev–Trinajstić information content (AvgIpc) is 2.98. The van der Waals surface area contributed by atoms with E-state index in [1.165, 1.54) is 12.1 Å². The van der Waals surface area contributed by atoms with Gasteiger partial charge in [-0.1, -0.05) is 12.1 Å². The summed E-state index contributed by atoms with van der Waals surface area (Å²) < 4.78 is 38.6. The van der Waals surface area contributed by atoms with E-state index in [-0.39, 0.29) is 17.3 Å². The Morgan fingerprint density at radius 1 is 1.40 bits per heavy atom. The van der Waals surface area contributed by atoms with Crippen molar-refractivity contribution in [1.29, 1.82) is 0 Å². The van der Waals surface area contributed by atoms with Crippen LogP contribution in [0.15, 0.2) is 30.5 Å². The van der Waals surface area contributed by atoms with E-state index in [0.29, 0.717) is 13.0 Å². The first-order valence-corrected chi connectivity index (χ1v) is 9.00. The lowest BCUT2D eigenvalue weighted by Crippen LogP contribution is -2.38. The first-order chi connectivity index (χ1) is 11.8. The molecule has 25 heavy (non-hydrogen) atoms. The number of aromatic nitrogens is 1. The van der Waals surface area contributed by atoms with Gasteiger partial charge in [-0.3, -0.25) is 9.69 Å². The Balaban J connectivity index is 1.69. The van der Waals surface area contributed by atoms with E-state index in [1.807, 2.05) is 13.1 Å². The first-order valence-electron chi connectivity index (χ1n) is 8.18. The zero-order valence-corrected chi connectivity index (χ0v) is 14.7. The van der Waals surface area contributed by atoms with Gasteiger partial charge in [-0.25, -0.2) is 4.98 Å². The third-order valence-corrected chi connectivity index (χ3v) is 5.30. The maximum absolute atomic E-state index is 12.9. The van der Waals surface area contributed by atoms with Crippen molar-refractivity contribution in [2.24, 2.45) is 5.92 Å². The molecule has 134 valence electrons. The van der Waals surface area contributed by atoms with Crippen molar-refractivity contribution in [2.45, 2.75) is 32.5 Å². The van der Waals surface area contributed by atoms with Gasteiger partial charge in [-0.15, -0.1) is 11.3 Å². The molecule has 2 heterocycles. The van der Waals surface area contributed by atoms with E-state index in [2.05, 4.69) is 9.88 Å². The third-order valence-electron chi connectivity index (χ3n) is 4.40. The van der Waals surface area contributed by atoms with Crippen LogP contribution in [0.2, 0.25) is 0 Å². The number of carbonyl (C=O) groups is 1. The number of nitrogens with zero attached hydrogens (tertiary/aromatic N) is 2. The maximum Gasteiger partial charge on any atom is 0.416 e. The molecule has 1 fully saturated rings.